The number of nitrogens with one attached hydrogen (secondary N) is 2. The second kappa shape index (κ2) is 8.68. The van der Waals surface area contributed by atoms with E-state index in [1.165, 1.54) is 0 Å². The molecule has 122 valence electrons. The molecule has 1 aromatic rings. The molecule has 0 fully saturated rings. The number of halogens is 1. The first-order chi connectivity index (χ1) is 10.6. The van der Waals surface area contributed by atoms with Crippen LogP contribution < -0.4 is 15.2 Å². The molecule has 0 aromatic heterocycles. The van der Waals surface area contributed by atoms with Crippen molar-refractivity contribution in [1.82, 2.24) is 4.72 Å². The van der Waals surface area contributed by atoms with Gasteiger partial charge >= 0.3 is 0 Å². The highest BCUT2D eigenvalue weighted by Crippen LogP contribution is 2.37. The van der Waals surface area contributed by atoms with Crippen LogP contribution in [0.2, 0.25) is 5.02 Å². The maximum absolute atomic E-state index is 10.0. The van der Waals surface area contributed by atoms with Crippen LogP contribution in [0.25, 0.3) is 0 Å². The minimum Gasteiger partial charge on any atom is -0.368 e. The topological polar surface area (TPSA) is 102 Å². The average molecular weight is 365 g/mol. The Balaban J connectivity index is 1.75. The molecular weight excluding hydrogens is 348 g/mol. The van der Waals surface area contributed by atoms with Crippen LogP contribution in [0.1, 0.15) is 25.7 Å². The molecule has 0 spiro atoms. The summed E-state index contributed by atoms with van der Waals surface area (Å²) in [5, 5.41) is 18.8. The molecule has 22 heavy (non-hydrogen) atoms. The van der Waals surface area contributed by atoms with Gasteiger partial charge in [0, 0.05) is 9.79 Å². The van der Waals surface area contributed by atoms with Gasteiger partial charge in [-0.25, -0.2) is 4.72 Å². The first kappa shape index (κ1) is 17.5. The van der Waals surface area contributed by atoms with Gasteiger partial charge in [0.05, 0.1) is 23.5 Å². The van der Waals surface area contributed by atoms with Crippen LogP contribution in [0.5, 0.6) is 0 Å². The van der Waals surface area contributed by atoms with Crippen molar-refractivity contribution in [2.24, 2.45) is 5.14 Å². The van der Waals surface area contributed by atoms with Crippen molar-refractivity contribution < 1.29 is 9.92 Å². The van der Waals surface area contributed by atoms with Crippen LogP contribution in [-0.4, -0.2) is 17.9 Å². The Hall–Kier alpha value is -0.870. The van der Waals surface area contributed by atoms with Crippen molar-refractivity contribution in [2.75, 3.05) is 11.9 Å². The fraction of sp³-hybridized carbons (Fsp3) is 0.500. The zero-order valence-electron chi connectivity index (χ0n) is 11.7. The van der Waals surface area contributed by atoms with Crippen LogP contribution in [0, 0.1) is 10.1 Å². The monoisotopic (exact) mass is 364 g/mol. The summed E-state index contributed by atoms with van der Waals surface area (Å²) in [6.45, 7) is 0.158. The zero-order valence-corrected chi connectivity index (χ0v) is 14.1. The molecule has 0 saturated carbocycles. The van der Waals surface area contributed by atoms with Gasteiger partial charge in [0.2, 0.25) is 0 Å². The number of unbranched alkanes of at least 4 members (excludes halogenated alkanes) is 2. The first-order valence-corrected chi connectivity index (χ1v) is 8.84. The highest BCUT2D eigenvalue weighted by atomic mass is 35.5. The highest BCUT2D eigenvalue weighted by Gasteiger charge is 2.19. The molecular formula is C12H17ClN4O3S2. The van der Waals surface area contributed by atoms with Gasteiger partial charge in [0.1, 0.15) is 0 Å². The fourth-order valence-electron chi connectivity index (χ4n) is 2.07. The van der Waals surface area contributed by atoms with Gasteiger partial charge in [-0.05, 0) is 55.3 Å². The SMILES string of the molecule is NSc1cc2c(cc1Cl)NC(CCCCCO[N+](=O)[O-])NS2. The Bertz CT molecular complexity index is 535. The second-order valence-corrected chi connectivity index (χ2v) is 6.68. The lowest BCUT2D eigenvalue weighted by molar-refractivity contribution is -0.757. The Morgan fingerprint density at radius 2 is 2.27 bits per heavy atom. The van der Waals surface area contributed by atoms with Crippen molar-refractivity contribution in [1.29, 1.82) is 0 Å². The van der Waals surface area contributed by atoms with Gasteiger partial charge < -0.3 is 10.2 Å². The van der Waals surface area contributed by atoms with Crippen LogP contribution >= 0.6 is 35.5 Å². The van der Waals surface area contributed by atoms with Crippen molar-refractivity contribution >= 4 is 41.2 Å². The van der Waals surface area contributed by atoms with Crippen LogP contribution in [-0.2, 0) is 4.84 Å². The molecule has 0 amide bonds. The molecule has 0 aliphatic carbocycles. The van der Waals surface area contributed by atoms with Crippen LogP contribution in [0.4, 0.5) is 5.69 Å². The summed E-state index contributed by atoms with van der Waals surface area (Å²) in [7, 11) is 0. The number of rotatable bonds is 8. The predicted molar refractivity (Wildman–Crippen MR) is 89.3 cm³/mol. The summed E-state index contributed by atoms with van der Waals surface area (Å²) in [5.74, 6) is 0. The quantitative estimate of drug-likeness (QED) is 0.279. The van der Waals surface area contributed by atoms with Gasteiger partial charge in [0.25, 0.3) is 5.09 Å². The number of hydrogen-bond acceptors (Lipinski definition) is 8. The van der Waals surface area contributed by atoms with Crippen LogP contribution in [0.3, 0.4) is 0 Å². The standard InChI is InChI=1S/C12H17ClN4O3S2/c13-8-6-9-11(7-10(8)21-14)22-16-12(15-9)4-2-1-3-5-20-17(18)19/h6-7,12,15-16H,1-5,14H2. The number of hydrogen-bond donors (Lipinski definition) is 3. The maximum Gasteiger partial charge on any atom is 0.294 e. The van der Waals surface area contributed by atoms with Crippen LogP contribution in [0.15, 0.2) is 21.9 Å². The molecule has 1 heterocycles. The number of nitrogens with two attached hydrogens (primary N) is 1. The van der Waals surface area contributed by atoms with E-state index in [2.05, 4.69) is 14.9 Å². The van der Waals surface area contributed by atoms with Gasteiger partial charge in [0.15, 0.2) is 0 Å². The van der Waals surface area contributed by atoms with Gasteiger partial charge in [-0.1, -0.05) is 18.0 Å². The molecule has 10 heteroatoms. The van der Waals surface area contributed by atoms with Crippen molar-refractivity contribution in [3.05, 3.63) is 27.3 Å². The van der Waals surface area contributed by atoms with E-state index in [4.69, 9.17) is 16.7 Å². The van der Waals surface area contributed by atoms with E-state index in [-0.39, 0.29) is 12.8 Å². The molecule has 0 radical (unpaired) electrons. The number of anilines is 1. The summed E-state index contributed by atoms with van der Waals surface area (Å²) in [6, 6.07) is 3.84. The zero-order chi connectivity index (χ0) is 15.9. The van der Waals surface area contributed by atoms with E-state index < -0.39 is 5.09 Å². The summed E-state index contributed by atoms with van der Waals surface area (Å²) in [4.78, 5) is 16.2. The minimum atomic E-state index is -0.755. The molecule has 1 atom stereocenters. The molecule has 1 aromatic carbocycles. The van der Waals surface area contributed by atoms with E-state index in [1.54, 1.807) is 11.9 Å². The maximum atomic E-state index is 10.0. The largest absolute Gasteiger partial charge is 0.368 e. The van der Waals surface area contributed by atoms with Gasteiger partial charge in [-0.2, -0.15) is 0 Å². The third-order valence-electron chi connectivity index (χ3n) is 3.14. The summed E-state index contributed by atoms with van der Waals surface area (Å²) in [5.41, 5.74) is 0.994. The van der Waals surface area contributed by atoms with Crippen molar-refractivity contribution in [2.45, 2.75) is 41.6 Å². The molecule has 1 aliphatic heterocycles. The fourth-order valence-corrected chi connectivity index (χ4v) is 3.65. The van der Waals surface area contributed by atoms with Crippen molar-refractivity contribution in [3.8, 4) is 0 Å². The molecule has 4 N–H and O–H groups in total. The molecule has 0 saturated heterocycles. The third-order valence-corrected chi connectivity index (χ3v) is 5.11. The van der Waals surface area contributed by atoms with E-state index in [0.717, 1.165) is 46.7 Å². The van der Waals surface area contributed by atoms with E-state index in [9.17, 15) is 10.1 Å². The second-order valence-electron chi connectivity index (χ2n) is 4.72. The third kappa shape index (κ3) is 5.10. The molecule has 7 nitrogen and oxygen atoms in total. The highest BCUT2D eigenvalue weighted by molar-refractivity contribution is 7.98. The average Bonchev–Trinajstić information content (AvgIpc) is 2.49. The number of benzene rings is 1. The Labute approximate surface area is 142 Å². The lowest BCUT2D eigenvalue weighted by atomic mass is 10.1. The minimum absolute atomic E-state index is 0.140. The normalized spacial score (nSPS) is 16.7. The Kier molecular flexibility index (Phi) is 6.90. The summed E-state index contributed by atoms with van der Waals surface area (Å²) in [6.07, 6.45) is 3.57. The van der Waals surface area contributed by atoms with E-state index in [0.29, 0.717) is 11.4 Å². The summed E-state index contributed by atoms with van der Waals surface area (Å²) < 4.78 is 3.33. The Morgan fingerprint density at radius 1 is 1.45 bits per heavy atom. The molecule has 1 unspecified atom stereocenters. The van der Waals surface area contributed by atoms with E-state index in [1.807, 2.05) is 12.1 Å². The molecule has 0 bridgehead atoms. The number of nitrogens with zero attached hydrogens (tertiary/aromatic N) is 1. The lowest BCUT2D eigenvalue weighted by Crippen LogP contribution is -2.34. The Morgan fingerprint density at radius 3 is 3.00 bits per heavy atom. The number of fused-ring (bicyclic) bond motifs is 1. The van der Waals surface area contributed by atoms with Gasteiger partial charge in [-0.15, -0.1) is 10.1 Å². The van der Waals surface area contributed by atoms with E-state index >= 15 is 0 Å². The molecule has 2 rings (SSSR count). The predicted octanol–water partition coefficient (Wildman–Crippen LogP) is 3.42. The first-order valence-electron chi connectivity index (χ1n) is 6.76. The molecule has 1 aliphatic rings. The smallest absolute Gasteiger partial charge is 0.294 e. The summed E-state index contributed by atoms with van der Waals surface area (Å²) >= 11 is 8.84. The lowest BCUT2D eigenvalue weighted by Gasteiger charge is -2.28. The van der Waals surface area contributed by atoms with Crippen molar-refractivity contribution in [3.63, 3.8) is 0 Å². The van der Waals surface area contributed by atoms with Gasteiger partial charge in [-0.3, -0.25) is 5.14 Å².